The summed E-state index contributed by atoms with van der Waals surface area (Å²) in [5, 5.41) is 22.3. The van der Waals surface area contributed by atoms with Crippen LogP contribution >= 0.6 is 0 Å². The number of hydrogen-bond donors (Lipinski definition) is 3. The molecule has 4 N–H and O–H groups in total. The van der Waals surface area contributed by atoms with Crippen molar-refractivity contribution in [1.82, 2.24) is 19.5 Å². The van der Waals surface area contributed by atoms with Crippen molar-refractivity contribution in [3.8, 4) is 0 Å². The number of aliphatic hydroxyl groups is 2. The molecule has 0 aliphatic carbocycles. The first-order chi connectivity index (χ1) is 14.9. The van der Waals surface area contributed by atoms with Crippen molar-refractivity contribution in [2.75, 3.05) is 12.3 Å². The molecule has 3 heterocycles. The summed E-state index contributed by atoms with van der Waals surface area (Å²) in [4.78, 5) is 12.6. The zero-order chi connectivity index (χ0) is 25.2. The highest BCUT2D eigenvalue weighted by molar-refractivity contribution is 6.83. The normalized spacial score (nSPS) is 27.5. The molecule has 0 unspecified atom stereocenters. The predicted octanol–water partition coefficient (Wildman–Crippen LogP) is 3.47. The van der Waals surface area contributed by atoms with Crippen LogP contribution in [0.1, 0.15) is 47.8 Å². The molecule has 9 nitrogen and oxygen atoms in total. The zero-order valence-electron chi connectivity index (χ0n) is 21.7. The van der Waals surface area contributed by atoms with Gasteiger partial charge in [-0.25, -0.2) is 15.0 Å². The molecule has 0 spiro atoms. The van der Waals surface area contributed by atoms with Gasteiger partial charge in [0.15, 0.2) is 26.0 Å². The number of fused-ring (bicyclic) bond motifs is 1. The fourth-order valence-electron chi connectivity index (χ4n) is 4.07. The third-order valence-electron chi connectivity index (χ3n) is 8.45. The van der Waals surface area contributed by atoms with Crippen molar-refractivity contribution < 1.29 is 19.4 Å². The van der Waals surface area contributed by atoms with Crippen molar-refractivity contribution >= 4 is 33.4 Å². The van der Waals surface area contributed by atoms with Crippen molar-refractivity contribution in [2.45, 2.75) is 101 Å². The number of nitrogens with two attached hydrogens (primary N) is 1. The van der Waals surface area contributed by atoms with Crippen LogP contribution in [0.15, 0.2) is 12.7 Å². The maximum absolute atomic E-state index is 12.3. The molecule has 2 aromatic rings. The average molecular weight is 496 g/mol. The van der Waals surface area contributed by atoms with E-state index in [0.29, 0.717) is 11.2 Å². The fraction of sp³-hybridized carbons (Fsp3) is 0.773. The second-order valence-corrected chi connectivity index (χ2v) is 22.7. The van der Waals surface area contributed by atoms with E-state index in [9.17, 15) is 10.2 Å². The highest BCUT2D eigenvalue weighted by atomic mass is 28.4. The van der Waals surface area contributed by atoms with Gasteiger partial charge in [0, 0.05) is 0 Å². The third kappa shape index (κ3) is 4.06. The minimum Gasteiger partial charge on any atom is -0.414 e. The van der Waals surface area contributed by atoms with Gasteiger partial charge >= 0.3 is 0 Å². The molecule has 11 heteroatoms. The van der Waals surface area contributed by atoms with Crippen molar-refractivity contribution in [1.29, 1.82) is 0 Å². The Kier molecular flexibility index (Phi) is 6.43. The van der Waals surface area contributed by atoms with Gasteiger partial charge < -0.3 is 25.1 Å². The quantitative estimate of drug-likeness (QED) is 0.538. The summed E-state index contributed by atoms with van der Waals surface area (Å²) >= 11 is 0. The molecule has 0 radical (unpaired) electrons. The van der Waals surface area contributed by atoms with E-state index in [1.165, 1.54) is 12.7 Å². The van der Waals surface area contributed by atoms with Crippen LogP contribution in [0.2, 0.25) is 36.3 Å². The van der Waals surface area contributed by atoms with Crippen LogP contribution in [0.5, 0.6) is 0 Å². The molecule has 186 valence electrons. The van der Waals surface area contributed by atoms with E-state index in [1.807, 2.05) is 0 Å². The number of nitrogens with zero attached hydrogens (tertiary/aromatic N) is 4. The molecule has 1 aliphatic rings. The molecular weight excluding hydrogens is 454 g/mol. The third-order valence-corrected chi connectivity index (χ3v) is 19.3. The fourth-order valence-corrected chi connectivity index (χ4v) is 8.11. The van der Waals surface area contributed by atoms with Gasteiger partial charge in [-0.3, -0.25) is 4.57 Å². The number of rotatable bonds is 5. The summed E-state index contributed by atoms with van der Waals surface area (Å²) in [5.41, 5.74) is 6.85. The first-order valence-corrected chi connectivity index (χ1v) is 17.4. The second kappa shape index (κ2) is 8.09. The molecule has 0 amide bonds. The molecular formula is C22H41N5O4Si2. The molecule has 2 aromatic heterocycles. The molecule has 0 aromatic carbocycles. The monoisotopic (exact) mass is 495 g/mol. The van der Waals surface area contributed by atoms with Gasteiger partial charge in [0.25, 0.3) is 0 Å². The smallest absolute Gasteiger partial charge is 0.192 e. The summed E-state index contributed by atoms with van der Waals surface area (Å²) in [6.07, 6.45) is 0.114. The van der Waals surface area contributed by atoms with E-state index in [4.69, 9.17) is 14.9 Å². The van der Waals surface area contributed by atoms with Crippen molar-refractivity contribution in [3.63, 3.8) is 0 Å². The Morgan fingerprint density at radius 3 is 2.24 bits per heavy atom. The molecule has 1 fully saturated rings. The topological polar surface area (TPSA) is 129 Å². The Labute approximate surface area is 198 Å². The SMILES string of the molecule is CC(C)(C)[Si](C)(C)OC[C@H]1O[C@@H](n2cnc3c(N)ncnc32)[C@H](O)[C@@]1(O)[Si](C)(C)C(C)(C)C. The van der Waals surface area contributed by atoms with E-state index >= 15 is 0 Å². The van der Waals surface area contributed by atoms with E-state index in [0.717, 1.165) is 0 Å². The van der Waals surface area contributed by atoms with E-state index < -0.39 is 40.1 Å². The Balaban J connectivity index is 2.07. The number of nitrogen functional groups attached to an aromatic ring is 1. The maximum Gasteiger partial charge on any atom is 0.192 e. The first-order valence-electron chi connectivity index (χ1n) is 11.5. The van der Waals surface area contributed by atoms with Crippen LogP contribution in [-0.4, -0.2) is 70.2 Å². The Bertz CT molecular complexity index is 1010. The Morgan fingerprint density at radius 1 is 1.09 bits per heavy atom. The summed E-state index contributed by atoms with van der Waals surface area (Å²) in [5.74, 6) is 0.253. The highest BCUT2D eigenvalue weighted by Crippen LogP contribution is 2.52. The van der Waals surface area contributed by atoms with Crippen LogP contribution in [0, 0.1) is 0 Å². The summed E-state index contributed by atoms with van der Waals surface area (Å²) in [6.45, 7) is 21.6. The lowest BCUT2D eigenvalue weighted by Gasteiger charge is -2.51. The van der Waals surface area contributed by atoms with Crippen LogP contribution < -0.4 is 5.73 Å². The number of imidazole rings is 1. The van der Waals surface area contributed by atoms with Crippen LogP contribution in [-0.2, 0) is 9.16 Å². The summed E-state index contributed by atoms with van der Waals surface area (Å²) in [7, 11) is -4.69. The lowest BCUT2D eigenvalue weighted by Crippen LogP contribution is -2.69. The molecule has 4 atom stereocenters. The van der Waals surface area contributed by atoms with Gasteiger partial charge in [-0.2, -0.15) is 0 Å². The van der Waals surface area contributed by atoms with Crippen LogP contribution in [0.3, 0.4) is 0 Å². The zero-order valence-corrected chi connectivity index (χ0v) is 23.7. The maximum atomic E-state index is 12.3. The molecule has 0 saturated carbocycles. The molecule has 1 aliphatic heterocycles. The minimum atomic E-state index is -2.57. The number of ether oxygens (including phenoxy) is 1. The van der Waals surface area contributed by atoms with Gasteiger partial charge in [-0.1, -0.05) is 54.6 Å². The van der Waals surface area contributed by atoms with Gasteiger partial charge in [0.05, 0.1) is 21.0 Å². The number of aromatic nitrogens is 4. The lowest BCUT2D eigenvalue weighted by molar-refractivity contribution is -0.0550. The molecule has 0 bridgehead atoms. The molecule has 1 saturated heterocycles. The van der Waals surface area contributed by atoms with Crippen LogP contribution in [0.4, 0.5) is 5.82 Å². The van der Waals surface area contributed by atoms with E-state index in [1.54, 1.807) is 4.57 Å². The minimum absolute atomic E-state index is 0.00765. The Hall–Kier alpha value is -1.38. The van der Waals surface area contributed by atoms with Gasteiger partial charge in [-0.05, 0) is 23.2 Å². The standard InChI is InChI=1S/C22H41N5O4Si2/c1-20(2,3)32(7,8)22(29)14(11-30-33(9,10)21(4,5)6)31-19(16(22)28)27-13-26-15-17(23)24-12-25-18(15)27/h12-14,16,19,28-29H,11H2,1-10H3,(H2,23,24,25)/t14-,16+,19-,22+/m1/s1. The number of anilines is 1. The van der Waals surface area contributed by atoms with Crippen LogP contribution in [0.25, 0.3) is 11.2 Å². The van der Waals surface area contributed by atoms with Gasteiger partial charge in [-0.15, -0.1) is 0 Å². The van der Waals surface area contributed by atoms with Gasteiger partial charge in [0.1, 0.15) is 29.3 Å². The largest absolute Gasteiger partial charge is 0.414 e. The Morgan fingerprint density at radius 2 is 1.70 bits per heavy atom. The highest BCUT2D eigenvalue weighted by Gasteiger charge is 2.67. The molecule has 33 heavy (non-hydrogen) atoms. The summed E-state index contributed by atoms with van der Waals surface area (Å²) < 4.78 is 14.6. The second-order valence-electron chi connectivity index (χ2n) is 12.3. The summed E-state index contributed by atoms with van der Waals surface area (Å²) in [6, 6.07) is 0. The number of hydrogen-bond acceptors (Lipinski definition) is 8. The van der Waals surface area contributed by atoms with E-state index in [2.05, 4.69) is 82.7 Å². The van der Waals surface area contributed by atoms with Gasteiger partial charge in [0.2, 0.25) is 0 Å². The predicted molar refractivity (Wildman–Crippen MR) is 135 cm³/mol. The van der Waals surface area contributed by atoms with Crippen molar-refractivity contribution in [3.05, 3.63) is 12.7 Å². The molecule has 3 rings (SSSR count). The lowest BCUT2D eigenvalue weighted by atomic mass is 10.1. The van der Waals surface area contributed by atoms with Crippen molar-refractivity contribution in [2.24, 2.45) is 0 Å². The average Bonchev–Trinajstić information content (AvgIpc) is 3.20. The first kappa shape index (κ1) is 26.2. The van der Waals surface area contributed by atoms with E-state index in [-0.39, 0.29) is 22.5 Å². The number of aliphatic hydroxyl groups excluding tert-OH is 1.